The molecule has 1 atom stereocenters. The number of benzene rings is 1. The molecule has 0 fully saturated rings. The van der Waals surface area contributed by atoms with Crippen LogP contribution in [0.1, 0.15) is 28.9 Å². The predicted molar refractivity (Wildman–Crippen MR) is 68.8 cm³/mol. The summed E-state index contributed by atoms with van der Waals surface area (Å²) in [6.07, 6.45) is -0.586. The van der Waals surface area contributed by atoms with E-state index in [4.69, 9.17) is 5.73 Å². The predicted octanol–water partition coefficient (Wildman–Crippen LogP) is 1.09. The first-order chi connectivity index (χ1) is 8.60. The third-order valence-corrected chi connectivity index (χ3v) is 2.91. The summed E-state index contributed by atoms with van der Waals surface area (Å²) in [4.78, 5) is 4.21. The number of aliphatic hydroxyl groups excluding tert-OH is 1. The highest BCUT2D eigenvalue weighted by Gasteiger charge is 2.11. The summed E-state index contributed by atoms with van der Waals surface area (Å²) in [7, 11) is 0. The van der Waals surface area contributed by atoms with Crippen LogP contribution in [0.2, 0.25) is 0 Å². The molecule has 0 bridgehead atoms. The molecular weight excluding hydrogens is 228 g/mol. The summed E-state index contributed by atoms with van der Waals surface area (Å²) in [6.45, 7) is 4.64. The number of hydrogen-bond acceptors (Lipinski definition) is 4. The van der Waals surface area contributed by atoms with Gasteiger partial charge in [0.1, 0.15) is 11.6 Å². The van der Waals surface area contributed by atoms with E-state index in [1.165, 1.54) is 0 Å². The molecule has 96 valence electrons. The van der Waals surface area contributed by atoms with Crippen molar-refractivity contribution in [2.24, 2.45) is 5.73 Å². The van der Waals surface area contributed by atoms with Gasteiger partial charge in [-0.15, -0.1) is 0 Å². The molecule has 2 rings (SSSR count). The second kappa shape index (κ2) is 5.29. The second-order valence-corrected chi connectivity index (χ2v) is 4.35. The molecule has 18 heavy (non-hydrogen) atoms. The monoisotopic (exact) mass is 246 g/mol. The third-order valence-electron chi connectivity index (χ3n) is 2.91. The third kappa shape index (κ3) is 2.75. The minimum atomic E-state index is -0.586. The van der Waals surface area contributed by atoms with Gasteiger partial charge in [-0.05, 0) is 25.0 Å². The van der Waals surface area contributed by atoms with Gasteiger partial charge < -0.3 is 10.8 Å². The molecule has 0 radical (unpaired) electrons. The van der Waals surface area contributed by atoms with Gasteiger partial charge >= 0.3 is 0 Å². The Labute approximate surface area is 106 Å². The van der Waals surface area contributed by atoms with E-state index >= 15 is 0 Å². The van der Waals surface area contributed by atoms with Gasteiger partial charge in [0.2, 0.25) is 0 Å². The molecule has 1 unspecified atom stereocenters. The van der Waals surface area contributed by atoms with E-state index < -0.39 is 6.10 Å². The van der Waals surface area contributed by atoms with E-state index in [0.717, 1.165) is 22.8 Å². The van der Waals surface area contributed by atoms with Crippen molar-refractivity contribution in [3.05, 3.63) is 47.0 Å². The molecule has 0 aliphatic heterocycles. The van der Waals surface area contributed by atoms with Gasteiger partial charge in [-0.25, -0.2) is 9.67 Å². The van der Waals surface area contributed by atoms with Crippen molar-refractivity contribution in [1.29, 1.82) is 0 Å². The van der Waals surface area contributed by atoms with Crippen molar-refractivity contribution in [2.75, 3.05) is 0 Å². The first-order valence-corrected chi connectivity index (χ1v) is 5.95. The van der Waals surface area contributed by atoms with Crippen LogP contribution in [0.5, 0.6) is 0 Å². The lowest BCUT2D eigenvalue weighted by Gasteiger charge is -2.12. The standard InChI is InChI=1S/C13H18N4O/c1-9-15-10(2)17(16-9)8-13(18)12-5-3-11(7-14)4-6-12/h3-6,13,18H,7-8,14H2,1-2H3. The highest BCUT2D eigenvalue weighted by atomic mass is 16.3. The van der Waals surface area contributed by atoms with Crippen LogP contribution < -0.4 is 5.73 Å². The number of nitrogens with two attached hydrogens (primary N) is 1. The lowest BCUT2D eigenvalue weighted by molar-refractivity contribution is 0.150. The molecule has 1 aromatic carbocycles. The highest BCUT2D eigenvalue weighted by Crippen LogP contribution is 2.16. The van der Waals surface area contributed by atoms with Gasteiger partial charge in [-0.3, -0.25) is 0 Å². The van der Waals surface area contributed by atoms with Crippen molar-refractivity contribution in [2.45, 2.75) is 33.0 Å². The second-order valence-electron chi connectivity index (χ2n) is 4.35. The van der Waals surface area contributed by atoms with Crippen LogP contribution >= 0.6 is 0 Å². The Bertz CT molecular complexity index is 518. The number of aryl methyl sites for hydroxylation is 2. The van der Waals surface area contributed by atoms with E-state index in [0.29, 0.717) is 13.1 Å². The highest BCUT2D eigenvalue weighted by molar-refractivity contribution is 5.23. The Balaban J connectivity index is 2.11. The van der Waals surface area contributed by atoms with Crippen LogP contribution in [0.15, 0.2) is 24.3 Å². The van der Waals surface area contributed by atoms with Crippen LogP contribution in [0.4, 0.5) is 0 Å². The van der Waals surface area contributed by atoms with Crippen LogP contribution in [-0.4, -0.2) is 19.9 Å². The minimum Gasteiger partial charge on any atom is -0.386 e. The van der Waals surface area contributed by atoms with E-state index in [9.17, 15) is 5.11 Å². The average molecular weight is 246 g/mol. The largest absolute Gasteiger partial charge is 0.386 e. The van der Waals surface area contributed by atoms with Gasteiger partial charge in [-0.2, -0.15) is 5.10 Å². The topological polar surface area (TPSA) is 77.0 Å². The Kier molecular flexibility index (Phi) is 3.74. The molecule has 3 N–H and O–H groups in total. The van der Waals surface area contributed by atoms with Crippen molar-refractivity contribution in [3.8, 4) is 0 Å². The van der Waals surface area contributed by atoms with Gasteiger partial charge in [0.15, 0.2) is 0 Å². The lowest BCUT2D eigenvalue weighted by Crippen LogP contribution is -2.11. The van der Waals surface area contributed by atoms with Crippen molar-refractivity contribution in [3.63, 3.8) is 0 Å². The Morgan fingerprint density at radius 2 is 1.94 bits per heavy atom. The molecule has 0 spiro atoms. The van der Waals surface area contributed by atoms with Crippen molar-refractivity contribution >= 4 is 0 Å². The molecule has 0 amide bonds. The fourth-order valence-corrected chi connectivity index (χ4v) is 1.88. The molecule has 0 aliphatic rings. The molecule has 1 aromatic heterocycles. The SMILES string of the molecule is Cc1nc(C)n(CC(O)c2ccc(CN)cc2)n1. The van der Waals surface area contributed by atoms with E-state index in [-0.39, 0.29) is 0 Å². The molecule has 2 aromatic rings. The maximum absolute atomic E-state index is 10.2. The van der Waals surface area contributed by atoms with Gasteiger partial charge in [0.05, 0.1) is 12.6 Å². The molecule has 1 heterocycles. The quantitative estimate of drug-likeness (QED) is 0.846. The fourth-order valence-electron chi connectivity index (χ4n) is 1.88. The summed E-state index contributed by atoms with van der Waals surface area (Å²) in [5, 5.41) is 14.4. The van der Waals surface area contributed by atoms with Crippen LogP contribution in [0.25, 0.3) is 0 Å². The van der Waals surface area contributed by atoms with Gasteiger partial charge in [0.25, 0.3) is 0 Å². The number of aliphatic hydroxyl groups is 1. The molecule has 0 saturated heterocycles. The summed E-state index contributed by atoms with van der Waals surface area (Å²) < 4.78 is 1.72. The maximum atomic E-state index is 10.2. The maximum Gasteiger partial charge on any atom is 0.147 e. The smallest absolute Gasteiger partial charge is 0.147 e. The number of nitrogens with zero attached hydrogens (tertiary/aromatic N) is 3. The number of hydrogen-bond donors (Lipinski definition) is 2. The normalized spacial score (nSPS) is 12.7. The first kappa shape index (κ1) is 12.7. The van der Waals surface area contributed by atoms with Gasteiger partial charge in [0, 0.05) is 6.54 Å². The molecular formula is C13H18N4O. The fraction of sp³-hybridized carbons (Fsp3) is 0.385. The Morgan fingerprint density at radius 3 is 2.44 bits per heavy atom. The molecule has 5 heteroatoms. The van der Waals surface area contributed by atoms with Crippen LogP contribution in [0, 0.1) is 13.8 Å². The van der Waals surface area contributed by atoms with E-state index in [2.05, 4.69) is 10.1 Å². The number of aromatic nitrogens is 3. The zero-order valence-corrected chi connectivity index (χ0v) is 10.7. The zero-order valence-electron chi connectivity index (χ0n) is 10.7. The minimum absolute atomic E-state index is 0.411. The first-order valence-electron chi connectivity index (χ1n) is 5.95. The summed E-state index contributed by atoms with van der Waals surface area (Å²) in [5.41, 5.74) is 7.45. The lowest BCUT2D eigenvalue weighted by atomic mass is 10.1. The van der Waals surface area contributed by atoms with E-state index in [1.807, 2.05) is 38.1 Å². The Morgan fingerprint density at radius 1 is 1.28 bits per heavy atom. The molecule has 0 aliphatic carbocycles. The molecule has 5 nitrogen and oxygen atoms in total. The van der Waals surface area contributed by atoms with Gasteiger partial charge in [-0.1, -0.05) is 24.3 Å². The summed E-state index contributed by atoms with van der Waals surface area (Å²) in [5.74, 6) is 1.53. The van der Waals surface area contributed by atoms with Crippen molar-refractivity contribution < 1.29 is 5.11 Å². The van der Waals surface area contributed by atoms with Crippen molar-refractivity contribution in [1.82, 2.24) is 14.8 Å². The average Bonchev–Trinajstić information content (AvgIpc) is 2.68. The van der Waals surface area contributed by atoms with Crippen LogP contribution in [-0.2, 0) is 13.1 Å². The zero-order chi connectivity index (χ0) is 13.1. The summed E-state index contributed by atoms with van der Waals surface area (Å²) in [6, 6.07) is 7.65. The van der Waals surface area contributed by atoms with Crippen LogP contribution in [0.3, 0.4) is 0 Å². The summed E-state index contributed by atoms with van der Waals surface area (Å²) >= 11 is 0. The molecule has 0 saturated carbocycles. The Hall–Kier alpha value is -1.72. The van der Waals surface area contributed by atoms with E-state index in [1.54, 1.807) is 4.68 Å². The number of rotatable bonds is 4.